The summed E-state index contributed by atoms with van der Waals surface area (Å²) in [5, 5.41) is 12.7. The summed E-state index contributed by atoms with van der Waals surface area (Å²) in [5.41, 5.74) is 0.913. The SMILES string of the molecule is CCOc1cc(C#N)c(NC(=O)c2ccc(Cl)c(Cl)c2)cc1OCC. The van der Waals surface area contributed by atoms with Gasteiger partial charge in [-0.15, -0.1) is 0 Å². The van der Waals surface area contributed by atoms with Gasteiger partial charge in [-0.05, 0) is 32.0 Å². The van der Waals surface area contributed by atoms with E-state index in [0.717, 1.165) is 0 Å². The summed E-state index contributed by atoms with van der Waals surface area (Å²) in [6, 6.07) is 9.70. The second-order valence-corrected chi connectivity index (χ2v) is 5.72. The van der Waals surface area contributed by atoms with Crippen molar-refractivity contribution in [1.29, 1.82) is 5.26 Å². The van der Waals surface area contributed by atoms with Gasteiger partial charge < -0.3 is 14.8 Å². The van der Waals surface area contributed by atoms with Crippen LogP contribution in [0.1, 0.15) is 29.8 Å². The number of nitrogens with one attached hydrogen (secondary N) is 1. The maximum absolute atomic E-state index is 12.4. The molecule has 0 unspecified atom stereocenters. The Morgan fingerprint density at radius 2 is 1.72 bits per heavy atom. The molecule has 0 spiro atoms. The highest BCUT2D eigenvalue weighted by molar-refractivity contribution is 6.42. The van der Waals surface area contributed by atoms with Crippen LogP contribution in [-0.2, 0) is 0 Å². The first-order chi connectivity index (χ1) is 12.0. The first-order valence-electron chi connectivity index (χ1n) is 7.60. The number of benzene rings is 2. The van der Waals surface area contributed by atoms with Crippen molar-refractivity contribution in [2.45, 2.75) is 13.8 Å². The Kier molecular flexibility index (Phi) is 6.51. The minimum absolute atomic E-state index is 0.264. The molecule has 0 radical (unpaired) electrons. The summed E-state index contributed by atoms with van der Waals surface area (Å²) in [5.74, 6) is 0.489. The number of carbonyl (C=O) groups excluding carboxylic acids is 1. The fourth-order valence-corrected chi connectivity index (χ4v) is 2.42. The van der Waals surface area contributed by atoms with Crippen LogP contribution in [0.4, 0.5) is 5.69 Å². The van der Waals surface area contributed by atoms with Gasteiger partial charge in [-0.25, -0.2) is 0 Å². The third-order valence-corrected chi connectivity index (χ3v) is 3.97. The lowest BCUT2D eigenvalue weighted by molar-refractivity contribution is 0.102. The molecular formula is C18H16Cl2N2O3. The fraction of sp³-hybridized carbons (Fsp3) is 0.222. The summed E-state index contributed by atoms with van der Waals surface area (Å²) in [6.45, 7) is 4.52. The van der Waals surface area contributed by atoms with Gasteiger partial charge in [0.1, 0.15) is 6.07 Å². The van der Waals surface area contributed by atoms with E-state index in [0.29, 0.717) is 41.0 Å². The number of carbonyl (C=O) groups is 1. The third-order valence-electron chi connectivity index (χ3n) is 3.23. The summed E-state index contributed by atoms with van der Waals surface area (Å²) >= 11 is 11.8. The molecule has 1 N–H and O–H groups in total. The molecule has 2 aromatic rings. The number of hydrogen-bond donors (Lipinski definition) is 1. The number of amides is 1. The van der Waals surface area contributed by atoms with Crippen molar-refractivity contribution in [3.63, 3.8) is 0 Å². The number of hydrogen-bond acceptors (Lipinski definition) is 4. The van der Waals surface area contributed by atoms with Gasteiger partial charge >= 0.3 is 0 Å². The van der Waals surface area contributed by atoms with E-state index in [-0.39, 0.29) is 10.6 Å². The quantitative estimate of drug-likeness (QED) is 0.774. The standard InChI is InChI=1S/C18H16Cl2N2O3/c1-3-24-16-8-12(10-21)15(9-17(16)25-4-2)22-18(23)11-5-6-13(19)14(20)7-11/h5-9H,3-4H2,1-2H3,(H,22,23). The summed E-state index contributed by atoms with van der Waals surface area (Å²) in [7, 11) is 0. The highest BCUT2D eigenvalue weighted by atomic mass is 35.5. The van der Waals surface area contributed by atoms with Gasteiger partial charge in [0.2, 0.25) is 0 Å². The van der Waals surface area contributed by atoms with Crippen LogP contribution in [0.25, 0.3) is 0 Å². The topological polar surface area (TPSA) is 71.3 Å². The summed E-state index contributed by atoms with van der Waals surface area (Å²) in [6.07, 6.45) is 0. The van der Waals surface area contributed by atoms with Crippen LogP contribution in [0.5, 0.6) is 11.5 Å². The molecule has 130 valence electrons. The van der Waals surface area contributed by atoms with Crippen LogP contribution < -0.4 is 14.8 Å². The van der Waals surface area contributed by atoms with Crippen LogP contribution >= 0.6 is 23.2 Å². The normalized spacial score (nSPS) is 10.0. The average molecular weight is 379 g/mol. The number of anilines is 1. The van der Waals surface area contributed by atoms with E-state index >= 15 is 0 Å². The molecule has 0 bridgehead atoms. The van der Waals surface area contributed by atoms with Gasteiger partial charge in [-0.2, -0.15) is 5.26 Å². The van der Waals surface area contributed by atoms with Crippen molar-refractivity contribution in [1.82, 2.24) is 0 Å². The van der Waals surface area contributed by atoms with Gasteiger partial charge in [-0.1, -0.05) is 23.2 Å². The molecule has 0 atom stereocenters. The maximum atomic E-state index is 12.4. The molecule has 0 aliphatic heterocycles. The van der Waals surface area contributed by atoms with E-state index in [1.54, 1.807) is 18.2 Å². The maximum Gasteiger partial charge on any atom is 0.255 e. The van der Waals surface area contributed by atoms with Crippen molar-refractivity contribution in [3.8, 4) is 17.6 Å². The van der Waals surface area contributed by atoms with Crippen LogP contribution in [0.3, 0.4) is 0 Å². The van der Waals surface area contributed by atoms with Gasteiger partial charge in [-0.3, -0.25) is 4.79 Å². The largest absolute Gasteiger partial charge is 0.490 e. The molecule has 0 aliphatic carbocycles. The predicted octanol–water partition coefficient (Wildman–Crippen LogP) is 4.91. The molecule has 25 heavy (non-hydrogen) atoms. The van der Waals surface area contributed by atoms with Crippen LogP contribution in [-0.4, -0.2) is 19.1 Å². The zero-order chi connectivity index (χ0) is 18.4. The highest BCUT2D eigenvalue weighted by Gasteiger charge is 2.15. The Balaban J connectivity index is 2.36. The Labute approximate surface area is 156 Å². The molecule has 5 nitrogen and oxygen atoms in total. The molecule has 0 saturated carbocycles. The Bertz CT molecular complexity index is 832. The smallest absolute Gasteiger partial charge is 0.255 e. The molecule has 2 rings (SSSR count). The molecule has 1 amide bonds. The lowest BCUT2D eigenvalue weighted by atomic mass is 10.1. The summed E-state index contributed by atoms with van der Waals surface area (Å²) in [4.78, 5) is 12.4. The number of halogens is 2. The molecule has 2 aromatic carbocycles. The van der Waals surface area contributed by atoms with E-state index in [4.69, 9.17) is 32.7 Å². The number of ether oxygens (including phenoxy) is 2. The van der Waals surface area contributed by atoms with Gasteiger partial charge in [0, 0.05) is 17.7 Å². The second kappa shape index (κ2) is 8.61. The lowest BCUT2D eigenvalue weighted by Gasteiger charge is -2.14. The molecule has 0 heterocycles. The molecule has 0 fully saturated rings. The van der Waals surface area contributed by atoms with E-state index in [1.165, 1.54) is 12.1 Å². The van der Waals surface area contributed by atoms with E-state index in [1.807, 2.05) is 19.9 Å². The molecular weight excluding hydrogens is 363 g/mol. The van der Waals surface area contributed by atoms with Crippen molar-refractivity contribution >= 4 is 34.8 Å². The van der Waals surface area contributed by atoms with Crippen molar-refractivity contribution in [2.75, 3.05) is 18.5 Å². The molecule has 7 heteroatoms. The minimum Gasteiger partial charge on any atom is -0.490 e. The van der Waals surface area contributed by atoms with Crippen LogP contribution in [0.15, 0.2) is 30.3 Å². The monoisotopic (exact) mass is 378 g/mol. The number of nitriles is 1. The Morgan fingerprint density at radius 1 is 1.08 bits per heavy atom. The van der Waals surface area contributed by atoms with Gasteiger partial charge in [0.05, 0.1) is 34.5 Å². The van der Waals surface area contributed by atoms with E-state index < -0.39 is 5.91 Å². The van der Waals surface area contributed by atoms with Crippen LogP contribution in [0.2, 0.25) is 10.0 Å². The van der Waals surface area contributed by atoms with Crippen molar-refractivity contribution < 1.29 is 14.3 Å². The first kappa shape index (κ1) is 18.9. The number of nitrogens with zero attached hydrogens (tertiary/aromatic N) is 1. The van der Waals surface area contributed by atoms with Crippen molar-refractivity contribution in [3.05, 3.63) is 51.5 Å². The Hall–Kier alpha value is -2.42. The fourth-order valence-electron chi connectivity index (χ4n) is 2.12. The second-order valence-electron chi connectivity index (χ2n) is 4.91. The van der Waals surface area contributed by atoms with Gasteiger partial charge in [0.15, 0.2) is 11.5 Å². The van der Waals surface area contributed by atoms with E-state index in [9.17, 15) is 10.1 Å². The van der Waals surface area contributed by atoms with Crippen molar-refractivity contribution in [2.24, 2.45) is 0 Å². The average Bonchev–Trinajstić information content (AvgIpc) is 2.59. The minimum atomic E-state index is -0.415. The summed E-state index contributed by atoms with van der Waals surface area (Å²) < 4.78 is 11.0. The zero-order valence-corrected chi connectivity index (χ0v) is 15.2. The predicted molar refractivity (Wildman–Crippen MR) is 97.9 cm³/mol. The zero-order valence-electron chi connectivity index (χ0n) is 13.7. The van der Waals surface area contributed by atoms with E-state index in [2.05, 4.69) is 5.32 Å². The highest BCUT2D eigenvalue weighted by Crippen LogP contribution is 2.34. The molecule has 0 aliphatic rings. The number of rotatable bonds is 6. The first-order valence-corrected chi connectivity index (χ1v) is 8.35. The van der Waals surface area contributed by atoms with Crippen LogP contribution in [0, 0.1) is 11.3 Å². The molecule has 0 aromatic heterocycles. The Morgan fingerprint density at radius 3 is 2.28 bits per heavy atom. The van der Waals surface area contributed by atoms with Gasteiger partial charge in [0.25, 0.3) is 5.91 Å². The molecule has 0 saturated heterocycles. The third kappa shape index (κ3) is 4.56. The lowest BCUT2D eigenvalue weighted by Crippen LogP contribution is -2.13.